The van der Waals surface area contributed by atoms with Gasteiger partial charge in [0.1, 0.15) is 0 Å². The summed E-state index contributed by atoms with van der Waals surface area (Å²) in [6.07, 6.45) is 4.50. The number of hydrogen-bond donors (Lipinski definition) is 2. The van der Waals surface area contributed by atoms with E-state index in [9.17, 15) is 18.0 Å². The van der Waals surface area contributed by atoms with E-state index in [1.54, 1.807) is 19.1 Å². The predicted molar refractivity (Wildman–Crippen MR) is 102 cm³/mol. The van der Waals surface area contributed by atoms with Crippen LogP contribution < -0.4 is 10.6 Å². The van der Waals surface area contributed by atoms with Crippen molar-refractivity contribution in [3.8, 4) is 0 Å². The molecule has 8 heteroatoms. The quantitative estimate of drug-likeness (QED) is 0.798. The van der Waals surface area contributed by atoms with Crippen molar-refractivity contribution in [1.29, 1.82) is 0 Å². The number of benzene rings is 1. The number of carbonyl (C=O) groups excluding carboxylic acids is 2. The molecular formula is C18H24N2O4S2. The van der Waals surface area contributed by atoms with Gasteiger partial charge in [0.05, 0.1) is 15.8 Å². The second-order valence-corrected chi connectivity index (χ2v) is 10.4. The van der Waals surface area contributed by atoms with Gasteiger partial charge < -0.3 is 10.6 Å². The van der Waals surface area contributed by atoms with E-state index < -0.39 is 15.1 Å². The molecule has 0 bridgehead atoms. The van der Waals surface area contributed by atoms with Gasteiger partial charge in [0.2, 0.25) is 11.8 Å². The van der Waals surface area contributed by atoms with Gasteiger partial charge in [-0.1, -0.05) is 12.8 Å². The number of rotatable bonds is 5. The second kappa shape index (κ2) is 8.00. The number of thioether (sulfide) groups is 1. The molecule has 1 aromatic rings. The van der Waals surface area contributed by atoms with Crippen LogP contribution in [0, 0.1) is 0 Å². The van der Waals surface area contributed by atoms with Crippen LogP contribution in [0.25, 0.3) is 0 Å². The molecule has 3 rings (SSSR count). The smallest absolute Gasteiger partial charge is 0.225 e. The van der Waals surface area contributed by atoms with Gasteiger partial charge in [0, 0.05) is 29.5 Å². The van der Waals surface area contributed by atoms with Crippen LogP contribution in [-0.4, -0.2) is 37.3 Å². The minimum atomic E-state index is -3.65. The maximum Gasteiger partial charge on any atom is 0.225 e. The molecule has 26 heavy (non-hydrogen) atoms. The first-order valence-corrected chi connectivity index (χ1v) is 11.5. The first-order valence-electron chi connectivity index (χ1n) is 8.96. The molecule has 1 fully saturated rings. The first kappa shape index (κ1) is 19.2. The van der Waals surface area contributed by atoms with Gasteiger partial charge in [-0.2, -0.15) is 0 Å². The molecule has 1 aliphatic carbocycles. The minimum Gasteiger partial charge on any atom is -0.353 e. The van der Waals surface area contributed by atoms with Crippen LogP contribution in [0.3, 0.4) is 0 Å². The topological polar surface area (TPSA) is 92.3 Å². The van der Waals surface area contributed by atoms with Crippen LogP contribution >= 0.6 is 11.8 Å². The van der Waals surface area contributed by atoms with Crippen LogP contribution in [0.4, 0.5) is 5.69 Å². The van der Waals surface area contributed by atoms with E-state index in [1.165, 1.54) is 17.8 Å². The third-order valence-corrected chi connectivity index (χ3v) is 8.08. The van der Waals surface area contributed by atoms with Gasteiger partial charge in [-0.25, -0.2) is 8.42 Å². The number of fused-ring (bicyclic) bond motifs is 1. The molecule has 1 unspecified atom stereocenters. The summed E-state index contributed by atoms with van der Waals surface area (Å²) in [6, 6.07) is 4.97. The fourth-order valence-corrected chi connectivity index (χ4v) is 5.65. The zero-order valence-corrected chi connectivity index (χ0v) is 16.4. The van der Waals surface area contributed by atoms with Crippen molar-refractivity contribution in [2.24, 2.45) is 0 Å². The van der Waals surface area contributed by atoms with Crippen LogP contribution in [0.15, 0.2) is 28.0 Å². The van der Waals surface area contributed by atoms with Crippen LogP contribution in [0.5, 0.6) is 0 Å². The zero-order chi connectivity index (χ0) is 18.7. The summed E-state index contributed by atoms with van der Waals surface area (Å²) in [5, 5.41) is 4.87. The Morgan fingerprint density at radius 1 is 1.35 bits per heavy atom. The predicted octanol–water partition coefficient (Wildman–Crippen LogP) is 2.73. The molecule has 2 N–H and O–H groups in total. The Bertz CT molecular complexity index is 801. The van der Waals surface area contributed by atoms with Gasteiger partial charge >= 0.3 is 0 Å². The number of carbonyl (C=O) groups is 2. The average molecular weight is 397 g/mol. The highest BCUT2D eigenvalue weighted by atomic mass is 32.2. The van der Waals surface area contributed by atoms with Crippen molar-refractivity contribution < 1.29 is 18.0 Å². The molecule has 0 radical (unpaired) electrons. The summed E-state index contributed by atoms with van der Waals surface area (Å²) in [5.41, 5.74) is 0.529. The van der Waals surface area contributed by atoms with Gasteiger partial charge in [0.25, 0.3) is 0 Å². The fraction of sp³-hybridized carbons (Fsp3) is 0.556. The standard InChI is InChI=1S/C18H24N2O4S2/c1-12(10-18(22)19-13-4-2-3-5-13)26(23,24)14-6-7-16-15(11-14)20-17(21)8-9-25-16/h6-7,11-13H,2-5,8-10H2,1H3,(H,19,22)(H,20,21). The summed E-state index contributed by atoms with van der Waals surface area (Å²) in [6.45, 7) is 1.56. The summed E-state index contributed by atoms with van der Waals surface area (Å²) in [4.78, 5) is 24.9. The highest BCUT2D eigenvalue weighted by Gasteiger charge is 2.28. The number of amides is 2. The molecule has 1 aromatic carbocycles. The lowest BCUT2D eigenvalue weighted by molar-refractivity contribution is -0.121. The van der Waals surface area contributed by atoms with E-state index in [-0.39, 0.29) is 29.2 Å². The molecule has 0 spiro atoms. The van der Waals surface area contributed by atoms with Gasteiger partial charge in [-0.15, -0.1) is 11.8 Å². The van der Waals surface area contributed by atoms with E-state index in [2.05, 4.69) is 10.6 Å². The van der Waals surface area contributed by atoms with E-state index in [4.69, 9.17) is 0 Å². The van der Waals surface area contributed by atoms with Gasteiger partial charge in [-0.3, -0.25) is 9.59 Å². The van der Waals surface area contributed by atoms with Gasteiger partial charge in [-0.05, 0) is 38.0 Å². The minimum absolute atomic E-state index is 0.0585. The Labute approximate surface area is 158 Å². The molecule has 1 atom stereocenters. The molecule has 0 aromatic heterocycles. The molecule has 1 saturated carbocycles. The Balaban J connectivity index is 1.72. The van der Waals surface area contributed by atoms with E-state index in [0.29, 0.717) is 17.9 Å². The van der Waals surface area contributed by atoms with E-state index in [1.807, 2.05) is 0 Å². The lowest BCUT2D eigenvalue weighted by Crippen LogP contribution is -2.35. The molecular weight excluding hydrogens is 372 g/mol. The summed E-state index contributed by atoms with van der Waals surface area (Å²) >= 11 is 1.53. The lowest BCUT2D eigenvalue weighted by Gasteiger charge is -2.17. The van der Waals surface area contributed by atoms with E-state index in [0.717, 1.165) is 30.6 Å². The maximum absolute atomic E-state index is 12.9. The zero-order valence-electron chi connectivity index (χ0n) is 14.8. The number of nitrogens with one attached hydrogen (secondary N) is 2. The Morgan fingerprint density at radius 3 is 2.81 bits per heavy atom. The summed E-state index contributed by atoms with van der Waals surface area (Å²) in [7, 11) is -3.65. The Kier molecular flexibility index (Phi) is 5.92. The fourth-order valence-electron chi connectivity index (χ4n) is 3.34. The highest BCUT2D eigenvalue weighted by Crippen LogP contribution is 2.33. The van der Waals surface area contributed by atoms with Crippen molar-refractivity contribution in [3.05, 3.63) is 18.2 Å². The number of anilines is 1. The molecule has 0 saturated heterocycles. The first-order chi connectivity index (χ1) is 12.4. The maximum atomic E-state index is 12.9. The van der Waals surface area contributed by atoms with Crippen molar-refractivity contribution >= 4 is 39.1 Å². The third-order valence-electron chi connectivity index (χ3n) is 4.86. The van der Waals surface area contributed by atoms with Gasteiger partial charge in [0.15, 0.2) is 9.84 Å². The molecule has 2 aliphatic rings. The molecule has 6 nitrogen and oxygen atoms in total. The van der Waals surface area contributed by atoms with Crippen molar-refractivity contribution in [2.45, 2.75) is 66.5 Å². The second-order valence-electron chi connectivity index (χ2n) is 6.91. The largest absolute Gasteiger partial charge is 0.353 e. The summed E-state index contributed by atoms with van der Waals surface area (Å²) in [5.74, 6) is 0.337. The van der Waals surface area contributed by atoms with Crippen molar-refractivity contribution in [1.82, 2.24) is 5.32 Å². The van der Waals surface area contributed by atoms with Crippen LogP contribution in [-0.2, 0) is 19.4 Å². The summed E-state index contributed by atoms with van der Waals surface area (Å²) < 4.78 is 25.7. The van der Waals surface area contributed by atoms with Crippen LogP contribution in [0.2, 0.25) is 0 Å². The SMILES string of the molecule is CC(CC(=O)NC1CCCC1)S(=O)(=O)c1ccc2c(c1)NC(=O)CCS2. The Hall–Kier alpha value is -1.54. The van der Waals surface area contributed by atoms with E-state index >= 15 is 0 Å². The average Bonchev–Trinajstić information content (AvgIpc) is 3.01. The molecule has 1 heterocycles. The molecule has 2 amide bonds. The Morgan fingerprint density at radius 2 is 2.08 bits per heavy atom. The van der Waals surface area contributed by atoms with Crippen molar-refractivity contribution in [3.63, 3.8) is 0 Å². The number of sulfone groups is 1. The molecule has 1 aliphatic heterocycles. The molecule has 142 valence electrons. The monoisotopic (exact) mass is 396 g/mol. The van der Waals surface area contributed by atoms with Crippen LogP contribution in [0.1, 0.15) is 45.4 Å². The number of hydrogen-bond acceptors (Lipinski definition) is 5. The normalized spacial score (nSPS) is 19.3. The van der Waals surface area contributed by atoms with Crippen molar-refractivity contribution in [2.75, 3.05) is 11.1 Å². The highest BCUT2D eigenvalue weighted by molar-refractivity contribution is 7.99. The third kappa shape index (κ3) is 4.40. The lowest BCUT2D eigenvalue weighted by atomic mass is 10.2.